The van der Waals surface area contributed by atoms with Gasteiger partial charge in [0.1, 0.15) is 10.5 Å². The third-order valence-electron chi connectivity index (χ3n) is 6.29. The van der Waals surface area contributed by atoms with Gasteiger partial charge in [-0.15, -0.1) is 11.3 Å². The molecule has 1 amide bonds. The Morgan fingerprint density at radius 3 is 2.26 bits per heavy atom. The van der Waals surface area contributed by atoms with Crippen molar-refractivity contribution in [2.75, 3.05) is 4.90 Å². The largest absolute Gasteiger partial charge is 0.477 e. The lowest BCUT2D eigenvalue weighted by Crippen LogP contribution is -2.47. The van der Waals surface area contributed by atoms with Gasteiger partial charge in [-0.1, -0.05) is 18.8 Å². The van der Waals surface area contributed by atoms with Gasteiger partial charge in [0.2, 0.25) is 5.91 Å². The molecule has 6 nitrogen and oxygen atoms in total. The van der Waals surface area contributed by atoms with E-state index in [0.29, 0.717) is 42.2 Å². The molecule has 0 saturated heterocycles. The highest BCUT2D eigenvalue weighted by atomic mass is 32.1. The molecule has 0 atom stereocenters. The van der Waals surface area contributed by atoms with Gasteiger partial charge in [0.25, 0.3) is 0 Å². The van der Waals surface area contributed by atoms with E-state index in [0.717, 1.165) is 37.0 Å². The van der Waals surface area contributed by atoms with E-state index >= 15 is 0 Å². The maximum Gasteiger partial charge on any atom is 0.348 e. The summed E-state index contributed by atoms with van der Waals surface area (Å²) in [6, 6.07) is 1.55. The molecule has 1 aromatic rings. The molecule has 2 aliphatic rings. The van der Waals surface area contributed by atoms with Gasteiger partial charge in [-0.25, -0.2) is 4.79 Å². The molecule has 0 aromatic carbocycles. The van der Waals surface area contributed by atoms with Crippen LogP contribution in [0.1, 0.15) is 86.7 Å². The monoisotopic (exact) mass is 447 g/mol. The van der Waals surface area contributed by atoms with E-state index in [4.69, 9.17) is 0 Å². The molecule has 170 valence electrons. The number of nitrogens with zero attached hydrogens (tertiary/aromatic N) is 1. The van der Waals surface area contributed by atoms with E-state index < -0.39 is 11.6 Å². The molecule has 1 heterocycles. The van der Waals surface area contributed by atoms with Crippen molar-refractivity contribution in [2.24, 2.45) is 11.8 Å². The summed E-state index contributed by atoms with van der Waals surface area (Å²) in [4.78, 5) is 28.1. The smallest absolute Gasteiger partial charge is 0.348 e. The van der Waals surface area contributed by atoms with Crippen LogP contribution in [0.5, 0.6) is 0 Å². The molecule has 2 fully saturated rings. The number of carbonyl (C=O) groups is 2. The summed E-state index contributed by atoms with van der Waals surface area (Å²) in [5.41, 5.74) is -0.788. The Morgan fingerprint density at radius 1 is 1.10 bits per heavy atom. The normalized spacial score (nSPS) is 26.6. The van der Waals surface area contributed by atoms with Crippen molar-refractivity contribution in [1.82, 2.24) is 0 Å². The fourth-order valence-corrected chi connectivity index (χ4v) is 5.35. The lowest BCUT2D eigenvalue weighted by Gasteiger charge is -2.38. The van der Waals surface area contributed by atoms with Crippen LogP contribution < -0.4 is 4.90 Å². The van der Waals surface area contributed by atoms with Crippen molar-refractivity contribution in [2.45, 2.75) is 89.9 Å². The van der Waals surface area contributed by atoms with Gasteiger partial charge in [0.15, 0.2) is 0 Å². The van der Waals surface area contributed by atoms with Gasteiger partial charge in [-0.2, -0.15) is 0 Å². The number of aliphatic hydroxyl groups excluding tert-OH is 1. The maximum atomic E-state index is 13.7. The topological polar surface area (TPSA) is 98.1 Å². The molecule has 0 radical (unpaired) electrons. The number of rotatable bonds is 4. The highest BCUT2D eigenvalue weighted by molar-refractivity contribution is 7.15. The number of aliphatic hydroxyl groups is 2. The van der Waals surface area contributed by atoms with Crippen LogP contribution in [0.3, 0.4) is 0 Å². The van der Waals surface area contributed by atoms with Crippen molar-refractivity contribution >= 4 is 28.9 Å². The van der Waals surface area contributed by atoms with Gasteiger partial charge < -0.3 is 20.2 Å². The lowest BCUT2D eigenvalue weighted by atomic mass is 9.81. The SMILES string of the molecule is CC1CCC(C(=O)N(c2cc(C#CC(C)(C)O)sc2C(=O)O)[C@H]2CC[C@H](O)CC2)CC1. The third kappa shape index (κ3) is 6.09. The van der Waals surface area contributed by atoms with Crippen LogP contribution in [0.2, 0.25) is 0 Å². The van der Waals surface area contributed by atoms with Crippen molar-refractivity contribution in [1.29, 1.82) is 0 Å². The minimum Gasteiger partial charge on any atom is -0.477 e. The number of thiophene rings is 1. The van der Waals surface area contributed by atoms with Gasteiger partial charge in [-0.05, 0) is 77.2 Å². The number of carboxylic acids is 1. The highest BCUT2D eigenvalue weighted by Gasteiger charge is 2.37. The van der Waals surface area contributed by atoms with Gasteiger partial charge >= 0.3 is 5.97 Å². The average molecular weight is 448 g/mol. The zero-order chi connectivity index (χ0) is 22.8. The lowest BCUT2D eigenvalue weighted by molar-refractivity contribution is -0.124. The molecule has 3 N–H and O–H groups in total. The number of carboxylic acid groups (broad SMARTS) is 1. The zero-order valence-electron chi connectivity index (χ0n) is 18.6. The van der Waals surface area contributed by atoms with Crippen LogP contribution in [0.15, 0.2) is 6.07 Å². The Labute approximate surface area is 188 Å². The van der Waals surface area contributed by atoms with Crippen LogP contribution >= 0.6 is 11.3 Å². The van der Waals surface area contributed by atoms with Crippen LogP contribution in [0.25, 0.3) is 0 Å². The van der Waals surface area contributed by atoms with Gasteiger partial charge in [0.05, 0.1) is 16.7 Å². The van der Waals surface area contributed by atoms with Crippen molar-refractivity contribution < 1.29 is 24.9 Å². The first-order chi connectivity index (χ1) is 14.5. The molecule has 0 aliphatic heterocycles. The number of aromatic carboxylic acids is 1. The standard InChI is InChI=1S/C24H33NO5S/c1-15-4-6-16(7-5-15)22(27)25(17-8-10-18(26)11-9-17)20-14-19(12-13-24(2,3)30)31-21(20)23(28)29/h14-18,26,30H,4-11H2,1-3H3,(H,28,29)/t15?,16?,17-,18-. The van der Waals surface area contributed by atoms with Crippen molar-refractivity contribution in [3.63, 3.8) is 0 Å². The minimum absolute atomic E-state index is 0.00409. The molecule has 0 unspecified atom stereocenters. The predicted octanol–water partition coefficient (Wildman–Crippen LogP) is 4.03. The molecule has 0 bridgehead atoms. The number of anilines is 1. The fraction of sp³-hybridized carbons (Fsp3) is 0.667. The first kappa shape index (κ1) is 23.8. The molecule has 2 aliphatic carbocycles. The number of hydrogen-bond acceptors (Lipinski definition) is 5. The minimum atomic E-state index is -1.19. The van der Waals surface area contributed by atoms with Crippen LogP contribution in [0.4, 0.5) is 5.69 Å². The number of amides is 1. The van der Waals surface area contributed by atoms with Crippen molar-refractivity contribution in [3.05, 3.63) is 15.8 Å². The van der Waals surface area contributed by atoms with Crippen LogP contribution in [0, 0.1) is 23.7 Å². The molecule has 1 aromatic heterocycles. The predicted molar refractivity (Wildman–Crippen MR) is 121 cm³/mol. The quantitative estimate of drug-likeness (QED) is 0.606. The molecule has 3 rings (SSSR count). The van der Waals surface area contributed by atoms with Crippen LogP contribution in [-0.4, -0.2) is 44.9 Å². The molecule has 7 heteroatoms. The maximum absolute atomic E-state index is 13.7. The number of hydrogen-bond donors (Lipinski definition) is 3. The summed E-state index contributed by atoms with van der Waals surface area (Å²) in [7, 11) is 0. The summed E-state index contributed by atoms with van der Waals surface area (Å²) >= 11 is 1.04. The van der Waals surface area contributed by atoms with Crippen molar-refractivity contribution in [3.8, 4) is 11.8 Å². The Hall–Kier alpha value is -1.88. The second-order valence-corrected chi connectivity index (χ2v) is 10.6. The van der Waals surface area contributed by atoms with E-state index in [9.17, 15) is 24.9 Å². The third-order valence-corrected chi connectivity index (χ3v) is 7.32. The van der Waals surface area contributed by atoms with Gasteiger partial charge in [0, 0.05) is 12.0 Å². The van der Waals surface area contributed by atoms with E-state index in [-0.39, 0.29) is 28.8 Å². The number of carbonyl (C=O) groups excluding carboxylic acids is 1. The summed E-state index contributed by atoms with van der Waals surface area (Å²) in [5.74, 6) is 5.02. The first-order valence-electron chi connectivity index (χ1n) is 11.2. The Kier molecular flexibility index (Phi) is 7.46. The van der Waals surface area contributed by atoms with Crippen LogP contribution in [-0.2, 0) is 4.79 Å². The summed E-state index contributed by atoms with van der Waals surface area (Å²) < 4.78 is 0. The summed E-state index contributed by atoms with van der Waals surface area (Å²) in [6.07, 6.45) is 5.80. The molecule has 2 saturated carbocycles. The summed E-state index contributed by atoms with van der Waals surface area (Å²) in [5, 5.41) is 29.7. The molecule has 0 spiro atoms. The van der Waals surface area contributed by atoms with Gasteiger partial charge in [-0.3, -0.25) is 4.79 Å². The molecular weight excluding hydrogens is 414 g/mol. The molecule has 31 heavy (non-hydrogen) atoms. The Morgan fingerprint density at radius 2 is 1.71 bits per heavy atom. The second kappa shape index (κ2) is 9.72. The van der Waals surface area contributed by atoms with E-state index in [1.165, 1.54) is 0 Å². The van der Waals surface area contributed by atoms with E-state index in [1.807, 2.05) is 0 Å². The van der Waals surface area contributed by atoms with E-state index in [2.05, 4.69) is 18.8 Å². The Balaban J connectivity index is 1.99. The highest BCUT2D eigenvalue weighted by Crippen LogP contribution is 2.38. The zero-order valence-corrected chi connectivity index (χ0v) is 19.4. The fourth-order valence-electron chi connectivity index (χ4n) is 4.51. The first-order valence-corrected chi connectivity index (χ1v) is 12.0. The molecular formula is C24H33NO5S. The second-order valence-electron chi connectivity index (χ2n) is 9.57. The Bertz CT molecular complexity index is 859. The van der Waals surface area contributed by atoms with E-state index in [1.54, 1.807) is 24.8 Å². The average Bonchev–Trinajstić information content (AvgIpc) is 3.12. The summed E-state index contributed by atoms with van der Waals surface area (Å²) in [6.45, 7) is 5.34.